The summed E-state index contributed by atoms with van der Waals surface area (Å²) >= 11 is 1.73. The van der Waals surface area contributed by atoms with Gasteiger partial charge in [-0.2, -0.15) is 0 Å². The highest BCUT2D eigenvalue weighted by Crippen LogP contribution is 2.42. The molecule has 0 bridgehead atoms. The van der Waals surface area contributed by atoms with Crippen molar-refractivity contribution in [2.24, 2.45) is 0 Å². The zero-order valence-corrected chi connectivity index (χ0v) is 16.9. The van der Waals surface area contributed by atoms with E-state index in [4.69, 9.17) is 23.7 Å². The number of thioether (sulfide) groups is 1. The first kappa shape index (κ1) is 21.2. The number of esters is 1. The van der Waals surface area contributed by atoms with Crippen LogP contribution < -0.4 is 0 Å². The van der Waals surface area contributed by atoms with E-state index in [-0.39, 0.29) is 6.61 Å². The van der Waals surface area contributed by atoms with Crippen molar-refractivity contribution in [2.45, 2.75) is 48.8 Å². The second-order valence-corrected chi connectivity index (χ2v) is 7.61. The molecule has 1 aliphatic rings. The highest BCUT2D eigenvalue weighted by molar-refractivity contribution is 7.99. The monoisotopic (exact) mass is 384 g/mol. The number of benzene rings is 1. The molecule has 0 saturated carbocycles. The lowest BCUT2D eigenvalue weighted by Crippen LogP contribution is -2.68. The summed E-state index contributed by atoms with van der Waals surface area (Å²) in [6, 6.07) is 10.1. The lowest BCUT2D eigenvalue weighted by atomic mass is 9.94. The van der Waals surface area contributed by atoms with Gasteiger partial charge in [-0.1, -0.05) is 18.2 Å². The third kappa shape index (κ3) is 4.23. The van der Waals surface area contributed by atoms with Crippen molar-refractivity contribution in [2.75, 3.05) is 33.7 Å². The van der Waals surface area contributed by atoms with Gasteiger partial charge in [-0.05, 0) is 44.6 Å². The van der Waals surface area contributed by atoms with Gasteiger partial charge in [0.1, 0.15) is 0 Å². The summed E-state index contributed by atoms with van der Waals surface area (Å²) in [5.74, 6) is -2.00. The minimum atomic E-state index is -1.25. The van der Waals surface area contributed by atoms with Crippen molar-refractivity contribution in [3.63, 3.8) is 0 Å². The average molecular weight is 384 g/mol. The molecule has 0 amide bonds. The molecule has 1 aromatic rings. The molecule has 2 rings (SSSR count). The summed E-state index contributed by atoms with van der Waals surface area (Å²) in [4.78, 5) is 13.7. The van der Waals surface area contributed by atoms with Crippen LogP contribution in [0.4, 0.5) is 0 Å². The molecule has 0 N–H and O–H groups in total. The van der Waals surface area contributed by atoms with Gasteiger partial charge in [-0.15, -0.1) is 11.8 Å². The van der Waals surface area contributed by atoms with Crippen LogP contribution in [0.2, 0.25) is 0 Å². The normalized spacial score (nSPS) is 31.6. The van der Waals surface area contributed by atoms with E-state index in [1.165, 1.54) is 26.2 Å². The molecule has 1 aromatic carbocycles. The molecule has 0 spiro atoms. The summed E-state index contributed by atoms with van der Waals surface area (Å²) in [5, 5.41) is 0. The zero-order valence-electron chi connectivity index (χ0n) is 16.1. The van der Waals surface area contributed by atoms with Crippen LogP contribution in [0.5, 0.6) is 0 Å². The van der Waals surface area contributed by atoms with Crippen LogP contribution in [0, 0.1) is 0 Å². The van der Waals surface area contributed by atoms with Gasteiger partial charge in [0.25, 0.3) is 0 Å². The average Bonchev–Trinajstić information content (AvgIpc) is 2.68. The van der Waals surface area contributed by atoms with Crippen molar-refractivity contribution in [1.29, 1.82) is 0 Å². The van der Waals surface area contributed by atoms with Crippen molar-refractivity contribution in [3.05, 3.63) is 30.3 Å². The summed E-state index contributed by atoms with van der Waals surface area (Å²) in [6.45, 7) is 3.47. The molecule has 1 heterocycles. The number of methoxy groups -OCH3 is 3. The quantitative estimate of drug-likeness (QED) is 0.387. The number of carbonyl (C=O) groups is 1. The molecule has 1 aliphatic heterocycles. The Balaban J connectivity index is 2.07. The SMILES string of the molecule is COC(=O)[C@]1(CCCSc2ccccc2)COC(C)(OC)C(C)(OC)O1. The van der Waals surface area contributed by atoms with Gasteiger partial charge >= 0.3 is 5.97 Å². The third-order valence-corrected chi connectivity index (χ3v) is 5.97. The van der Waals surface area contributed by atoms with Crippen LogP contribution in [-0.4, -0.2) is 56.8 Å². The van der Waals surface area contributed by atoms with E-state index in [1.807, 2.05) is 18.2 Å². The molecule has 26 heavy (non-hydrogen) atoms. The Bertz CT molecular complexity index is 597. The maximum atomic E-state index is 12.5. The Kier molecular flexibility index (Phi) is 7.10. The van der Waals surface area contributed by atoms with Gasteiger partial charge in [0.2, 0.25) is 11.6 Å². The minimum absolute atomic E-state index is 0.0406. The molecule has 1 saturated heterocycles. The molecule has 0 aromatic heterocycles. The van der Waals surface area contributed by atoms with Crippen LogP contribution in [-0.2, 0) is 28.5 Å². The first-order valence-electron chi connectivity index (χ1n) is 8.55. The zero-order chi connectivity index (χ0) is 19.3. The number of ether oxygens (including phenoxy) is 5. The fourth-order valence-electron chi connectivity index (χ4n) is 2.93. The van der Waals surface area contributed by atoms with E-state index in [0.29, 0.717) is 6.42 Å². The molecule has 2 unspecified atom stereocenters. The molecule has 7 heteroatoms. The van der Waals surface area contributed by atoms with Crippen LogP contribution >= 0.6 is 11.8 Å². The fraction of sp³-hybridized carbons (Fsp3) is 0.632. The predicted molar refractivity (Wildman–Crippen MR) is 99.0 cm³/mol. The van der Waals surface area contributed by atoms with E-state index in [0.717, 1.165) is 12.2 Å². The number of rotatable bonds is 8. The summed E-state index contributed by atoms with van der Waals surface area (Å²) in [6.07, 6.45) is 1.21. The van der Waals surface area contributed by atoms with Crippen molar-refractivity contribution >= 4 is 17.7 Å². The lowest BCUT2D eigenvalue weighted by molar-refractivity contribution is -0.446. The van der Waals surface area contributed by atoms with Crippen LogP contribution in [0.25, 0.3) is 0 Å². The number of hydrogen-bond donors (Lipinski definition) is 0. The molecule has 6 nitrogen and oxygen atoms in total. The van der Waals surface area contributed by atoms with E-state index in [2.05, 4.69) is 12.1 Å². The Hall–Kier alpha value is -1.12. The first-order valence-corrected chi connectivity index (χ1v) is 9.54. The molecular weight excluding hydrogens is 356 g/mol. The molecule has 1 fully saturated rings. The molecule has 3 atom stereocenters. The van der Waals surface area contributed by atoms with Crippen LogP contribution in [0.15, 0.2) is 35.2 Å². The second kappa shape index (κ2) is 8.71. The molecule has 146 valence electrons. The maximum Gasteiger partial charge on any atom is 0.340 e. The number of hydrogen-bond acceptors (Lipinski definition) is 7. The highest BCUT2D eigenvalue weighted by atomic mass is 32.2. The van der Waals surface area contributed by atoms with E-state index in [1.54, 1.807) is 25.6 Å². The number of carbonyl (C=O) groups excluding carboxylic acids is 1. The predicted octanol–water partition coefficient (Wildman–Crippen LogP) is 3.24. The molecule has 0 aliphatic carbocycles. The second-order valence-electron chi connectivity index (χ2n) is 6.44. The Morgan fingerprint density at radius 2 is 1.77 bits per heavy atom. The maximum absolute atomic E-state index is 12.5. The highest BCUT2D eigenvalue weighted by Gasteiger charge is 2.61. The first-order chi connectivity index (χ1) is 12.3. The van der Waals surface area contributed by atoms with Gasteiger partial charge in [0.15, 0.2) is 5.60 Å². The largest absolute Gasteiger partial charge is 0.467 e. The summed E-state index contributed by atoms with van der Waals surface area (Å²) in [7, 11) is 4.36. The van der Waals surface area contributed by atoms with E-state index >= 15 is 0 Å². The van der Waals surface area contributed by atoms with E-state index < -0.39 is 23.1 Å². The summed E-state index contributed by atoms with van der Waals surface area (Å²) in [5.41, 5.74) is -1.23. The van der Waals surface area contributed by atoms with Crippen LogP contribution in [0.3, 0.4) is 0 Å². The third-order valence-electron chi connectivity index (χ3n) is 4.87. The summed E-state index contributed by atoms with van der Waals surface area (Å²) < 4.78 is 28.0. The Labute approximate surface area is 159 Å². The van der Waals surface area contributed by atoms with Gasteiger partial charge in [0, 0.05) is 19.1 Å². The van der Waals surface area contributed by atoms with Gasteiger partial charge in [-0.25, -0.2) is 4.79 Å². The smallest absolute Gasteiger partial charge is 0.340 e. The topological polar surface area (TPSA) is 63.2 Å². The molecule has 0 radical (unpaired) electrons. The van der Waals surface area contributed by atoms with Gasteiger partial charge < -0.3 is 23.7 Å². The van der Waals surface area contributed by atoms with Crippen molar-refractivity contribution in [1.82, 2.24) is 0 Å². The van der Waals surface area contributed by atoms with Gasteiger partial charge in [-0.3, -0.25) is 0 Å². The van der Waals surface area contributed by atoms with Crippen molar-refractivity contribution < 1.29 is 28.5 Å². The molecular formula is C19H28O6S. The van der Waals surface area contributed by atoms with Gasteiger partial charge in [0.05, 0.1) is 13.7 Å². The van der Waals surface area contributed by atoms with Crippen molar-refractivity contribution in [3.8, 4) is 0 Å². The Morgan fingerprint density at radius 3 is 2.35 bits per heavy atom. The van der Waals surface area contributed by atoms with Crippen LogP contribution in [0.1, 0.15) is 26.7 Å². The van der Waals surface area contributed by atoms with E-state index in [9.17, 15) is 4.79 Å². The Morgan fingerprint density at radius 1 is 1.12 bits per heavy atom. The standard InChI is InChI=1S/C19H28O6S/c1-17(22-4)18(2,23-5)25-19(14-24-17,16(20)21-3)12-9-13-26-15-10-7-6-8-11-15/h6-8,10-11H,9,12-14H2,1-5H3/t17?,18?,19-/m0/s1. The lowest BCUT2D eigenvalue weighted by Gasteiger charge is -2.52. The minimum Gasteiger partial charge on any atom is -0.467 e. The fourth-order valence-corrected chi connectivity index (χ4v) is 3.80.